The summed E-state index contributed by atoms with van der Waals surface area (Å²) in [5.41, 5.74) is 5.84. The van der Waals surface area contributed by atoms with Crippen molar-refractivity contribution in [3.05, 3.63) is 48.0 Å². The molecule has 5 heteroatoms. The van der Waals surface area contributed by atoms with E-state index in [2.05, 4.69) is 52.5 Å². The normalized spacial score (nSPS) is 16.6. The second kappa shape index (κ2) is 8.29. The lowest BCUT2D eigenvalue weighted by molar-refractivity contribution is 0.240. The SMILES string of the molecule is CCOc1ccc2c(C)c(-c3ccc(NC(=O)NC4CCC4)cc3)n(C3CCC3)c2c1. The van der Waals surface area contributed by atoms with Crippen LogP contribution in [-0.4, -0.2) is 23.2 Å². The molecular formula is C26H31N3O2. The van der Waals surface area contributed by atoms with Crippen molar-refractivity contribution in [2.45, 2.75) is 64.5 Å². The molecule has 0 bridgehead atoms. The number of aromatic nitrogens is 1. The van der Waals surface area contributed by atoms with Crippen molar-refractivity contribution >= 4 is 22.6 Å². The Kier molecular flexibility index (Phi) is 5.34. The molecule has 2 aliphatic rings. The van der Waals surface area contributed by atoms with Crippen LogP contribution in [0.3, 0.4) is 0 Å². The maximum Gasteiger partial charge on any atom is 0.319 e. The second-order valence-electron chi connectivity index (χ2n) is 8.84. The standard InChI is InChI=1S/C26H31N3O2/c1-3-31-22-14-15-23-17(2)25(29(24(23)16-22)21-8-5-9-21)18-10-12-20(13-11-18)28-26(30)27-19-6-4-7-19/h10-16,19,21H,3-9H2,1-2H3,(H2,27,28,30). The summed E-state index contributed by atoms with van der Waals surface area (Å²) in [7, 11) is 0. The molecule has 0 saturated heterocycles. The fraction of sp³-hybridized carbons (Fsp3) is 0.423. The average Bonchev–Trinajstić information content (AvgIpc) is 2.97. The molecule has 162 valence electrons. The predicted molar refractivity (Wildman–Crippen MR) is 126 cm³/mol. The molecule has 2 N–H and O–H groups in total. The summed E-state index contributed by atoms with van der Waals surface area (Å²) in [6.45, 7) is 4.91. The smallest absolute Gasteiger partial charge is 0.319 e. The molecule has 5 nitrogen and oxygen atoms in total. The molecule has 0 unspecified atom stereocenters. The van der Waals surface area contributed by atoms with Crippen LogP contribution in [0.5, 0.6) is 5.75 Å². The number of nitrogens with zero attached hydrogens (tertiary/aromatic N) is 1. The number of fused-ring (bicyclic) bond motifs is 1. The van der Waals surface area contributed by atoms with E-state index in [1.807, 2.05) is 19.1 Å². The summed E-state index contributed by atoms with van der Waals surface area (Å²) in [5, 5.41) is 7.28. The summed E-state index contributed by atoms with van der Waals surface area (Å²) < 4.78 is 8.30. The first-order valence-electron chi connectivity index (χ1n) is 11.6. The van der Waals surface area contributed by atoms with Gasteiger partial charge >= 0.3 is 6.03 Å². The molecule has 0 atom stereocenters. The zero-order chi connectivity index (χ0) is 21.4. The number of aryl methyl sites for hydroxylation is 1. The minimum absolute atomic E-state index is 0.110. The number of carbonyl (C=O) groups is 1. The molecule has 1 heterocycles. The van der Waals surface area contributed by atoms with Gasteiger partial charge in [-0.25, -0.2) is 4.79 Å². The van der Waals surface area contributed by atoms with E-state index in [9.17, 15) is 4.79 Å². The van der Waals surface area contributed by atoms with Gasteiger partial charge in [-0.1, -0.05) is 12.1 Å². The summed E-state index contributed by atoms with van der Waals surface area (Å²) in [6, 6.07) is 15.5. The van der Waals surface area contributed by atoms with Crippen LogP contribution in [0.1, 0.15) is 57.1 Å². The molecule has 0 radical (unpaired) electrons. The van der Waals surface area contributed by atoms with Gasteiger partial charge in [-0.05, 0) is 87.8 Å². The Balaban J connectivity index is 1.47. The fourth-order valence-electron chi connectivity index (χ4n) is 4.71. The van der Waals surface area contributed by atoms with Crippen molar-refractivity contribution in [1.82, 2.24) is 9.88 Å². The first-order valence-corrected chi connectivity index (χ1v) is 11.6. The summed E-state index contributed by atoms with van der Waals surface area (Å²) in [5.74, 6) is 0.927. The Bertz CT molecular complexity index is 1090. The number of urea groups is 1. The third-order valence-corrected chi connectivity index (χ3v) is 6.84. The lowest BCUT2D eigenvalue weighted by atomic mass is 9.92. The van der Waals surface area contributed by atoms with E-state index in [0.717, 1.165) is 24.3 Å². The van der Waals surface area contributed by atoms with Crippen molar-refractivity contribution < 1.29 is 9.53 Å². The molecule has 1 aromatic heterocycles. The molecule has 3 aromatic rings. The van der Waals surface area contributed by atoms with Gasteiger partial charge in [0, 0.05) is 29.2 Å². The maximum atomic E-state index is 12.2. The number of nitrogens with one attached hydrogen (secondary N) is 2. The van der Waals surface area contributed by atoms with Crippen LogP contribution in [0, 0.1) is 6.92 Å². The van der Waals surface area contributed by atoms with E-state index in [-0.39, 0.29) is 6.03 Å². The number of benzene rings is 2. The van der Waals surface area contributed by atoms with E-state index < -0.39 is 0 Å². The van der Waals surface area contributed by atoms with Crippen molar-refractivity contribution in [1.29, 1.82) is 0 Å². The topological polar surface area (TPSA) is 55.3 Å². The molecule has 2 fully saturated rings. The number of hydrogen-bond acceptors (Lipinski definition) is 2. The van der Waals surface area contributed by atoms with Crippen molar-refractivity contribution in [3.63, 3.8) is 0 Å². The first kappa shape index (κ1) is 20.0. The summed E-state index contributed by atoms with van der Waals surface area (Å²) in [6.07, 6.45) is 7.10. The van der Waals surface area contributed by atoms with Crippen LogP contribution in [0.4, 0.5) is 10.5 Å². The summed E-state index contributed by atoms with van der Waals surface area (Å²) in [4.78, 5) is 12.2. The number of rotatable bonds is 6. The second-order valence-corrected chi connectivity index (χ2v) is 8.84. The Morgan fingerprint density at radius 1 is 1.06 bits per heavy atom. The van der Waals surface area contributed by atoms with Gasteiger partial charge in [0.15, 0.2) is 0 Å². The molecule has 2 aromatic carbocycles. The highest BCUT2D eigenvalue weighted by molar-refractivity contribution is 5.93. The zero-order valence-electron chi connectivity index (χ0n) is 18.4. The van der Waals surface area contributed by atoms with Crippen molar-refractivity contribution in [3.8, 4) is 17.0 Å². The largest absolute Gasteiger partial charge is 0.494 e. The Labute approximate surface area is 183 Å². The van der Waals surface area contributed by atoms with Gasteiger partial charge in [-0.3, -0.25) is 0 Å². The number of anilines is 1. The third-order valence-electron chi connectivity index (χ3n) is 6.84. The van der Waals surface area contributed by atoms with Gasteiger partial charge in [-0.15, -0.1) is 0 Å². The van der Waals surface area contributed by atoms with Gasteiger partial charge in [0.25, 0.3) is 0 Å². The zero-order valence-corrected chi connectivity index (χ0v) is 18.4. The monoisotopic (exact) mass is 417 g/mol. The van der Waals surface area contributed by atoms with Gasteiger partial charge in [0.05, 0.1) is 17.8 Å². The molecule has 31 heavy (non-hydrogen) atoms. The minimum Gasteiger partial charge on any atom is -0.494 e. The van der Waals surface area contributed by atoms with Gasteiger partial charge in [0.2, 0.25) is 0 Å². The predicted octanol–water partition coefficient (Wildman–Crippen LogP) is 6.41. The first-order chi connectivity index (χ1) is 15.1. The highest BCUT2D eigenvalue weighted by Gasteiger charge is 2.26. The number of carbonyl (C=O) groups excluding carboxylic acids is 1. The number of ether oxygens (including phenoxy) is 1. The molecule has 2 saturated carbocycles. The molecule has 2 aliphatic carbocycles. The molecule has 0 spiro atoms. The van der Waals surface area contributed by atoms with Crippen molar-refractivity contribution in [2.24, 2.45) is 0 Å². The van der Waals surface area contributed by atoms with Crippen LogP contribution < -0.4 is 15.4 Å². The van der Waals surface area contributed by atoms with E-state index in [4.69, 9.17) is 4.74 Å². The quantitative estimate of drug-likeness (QED) is 0.486. The lowest BCUT2D eigenvalue weighted by Crippen LogP contribution is -2.41. The molecule has 0 aliphatic heterocycles. The number of hydrogen-bond donors (Lipinski definition) is 2. The van der Waals surface area contributed by atoms with Crippen LogP contribution in [0.2, 0.25) is 0 Å². The lowest BCUT2D eigenvalue weighted by Gasteiger charge is -2.30. The van der Waals surface area contributed by atoms with E-state index in [1.54, 1.807) is 0 Å². The average molecular weight is 418 g/mol. The molecule has 5 rings (SSSR count). The van der Waals surface area contributed by atoms with E-state index in [1.165, 1.54) is 53.4 Å². The Morgan fingerprint density at radius 2 is 1.81 bits per heavy atom. The Hall–Kier alpha value is -2.95. The maximum absolute atomic E-state index is 12.2. The molecular weight excluding hydrogens is 386 g/mol. The van der Waals surface area contributed by atoms with E-state index >= 15 is 0 Å². The van der Waals surface area contributed by atoms with Gasteiger partial charge in [-0.2, -0.15) is 0 Å². The van der Waals surface area contributed by atoms with Crippen LogP contribution in [0.25, 0.3) is 22.2 Å². The highest BCUT2D eigenvalue weighted by atomic mass is 16.5. The van der Waals surface area contributed by atoms with Crippen LogP contribution in [-0.2, 0) is 0 Å². The third kappa shape index (κ3) is 3.78. The van der Waals surface area contributed by atoms with Gasteiger partial charge < -0.3 is 19.9 Å². The number of amides is 2. The summed E-state index contributed by atoms with van der Waals surface area (Å²) >= 11 is 0. The molecule has 2 amide bonds. The van der Waals surface area contributed by atoms with Crippen LogP contribution >= 0.6 is 0 Å². The minimum atomic E-state index is -0.110. The van der Waals surface area contributed by atoms with Crippen molar-refractivity contribution in [2.75, 3.05) is 11.9 Å². The van der Waals surface area contributed by atoms with Gasteiger partial charge in [0.1, 0.15) is 5.75 Å². The Morgan fingerprint density at radius 3 is 2.42 bits per heavy atom. The van der Waals surface area contributed by atoms with E-state index in [0.29, 0.717) is 18.7 Å². The highest BCUT2D eigenvalue weighted by Crippen LogP contribution is 2.43. The van der Waals surface area contributed by atoms with Crippen LogP contribution in [0.15, 0.2) is 42.5 Å². The fourth-order valence-corrected chi connectivity index (χ4v) is 4.71.